The molecule has 0 aliphatic carbocycles. The molecule has 33 heavy (non-hydrogen) atoms. The quantitative estimate of drug-likeness (QED) is 0.575. The van der Waals surface area contributed by atoms with Crippen molar-refractivity contribution in [3.8, 4) is 5.75 Å². The lowest BCUT2D eigenvalue weighted by molar-refractivity contribution is -0.121. The molecule has 2 aromatic carbocycles. The van der Waals surface area contributed by atoms with Crippen LogP contribution in [0.15, 0.2) is 41.3 Å². The van der Waals surface area contributed by atoms with E-state index >= 15 is 0 Å². The lowest BCUT2D eigenvalue weighted by Gasteiger charge is -2.26. The van der Waals surface area contributed by atoms with E-state index in [4.69, 9.17) is 4.74 Å². The van der Waals surface area contributed by atoms with Crippen molar-refractivity contribution < 1.29 is 17.9 Å². The zero-order valence-electron chi connectivity index (χ0n) is 20.2. The van der Waals surface area contributed by atoms with Crippen LogP contribution in [0.5, 0.6) is 5.75 Å². The van der Waals surface area contributed by atoms with Crippen LogP contribution < -0.4 is 10.1 Å². The van der Waals surface area contributed by atoms with Crippen LogP contribution in [0.25, 0.3) is 0 Å². The van der Waals surface area contributed by atoms with Gasteiger partial charge in [0.1, 0.15) is 5.75 Å². The molecule has 1 fully saturated rings. The van der Waals surface area contributed by atoms with Crippen molar-refractivity contribution >= 4 is 15.9 Å². The molecule has 3 rings (SSSR count). The SMILES string of the molecule is CCC(NC(=O)CCc1cc(S(=O)(=O)N2CCCCC2)ccc1OC)c1ccc(C)cc1C. The first-order valence-electron chi connectivity index (χ1n) is 11.8. The predicted molar refractivity (Wildman–Crippen MR) is 131 cm³/mol. The first-order valence-corrected chi connectivity index (χ1v) is 13.2. The molecule has 0 bridgehead atoms. The van der Waals surface area contributed by atoms with Crippen LogP contribution >= 0.6 is 0 Å². The van der Waals surface area contributed by atoms with Crippen LogP contribution in [0, 0.1) is 13.8 Å². The number of ether oxygens (including phenoxy) is 1. The normalized spacial score (nSPS) is 15.8. The molecule has 7 heteroatoms. The summed E-state index contributed by atoms with van der Waals surface area (Å²) in [5.41, 5.74) is 4.22. The fourth-order valence-electron chi connectivity index (χ4n) is 4.50. The molecule has 1 unspecified atom stereocenters. The number of nitrogens with one attached hydrogen (secondary N) is 1. The minimum absolute atomic E-state index is 0.0502. The van der Waals surface area contributed by atoms with Gasteiger partial charge in [-0.15, -0.1) is 0 Å². The molecular formula is C26H36N2O4S. The summed E-state index contributed by atoms with van der Waals surface area (Å²) in [5.74, 6) is 0.537. The zero-order chi connectivity index (χ0) is 24.0. The van der Waals surface area contributed by atoms with E-state index in [2.05, 4.69) is 44.3 Å². The highest BCUT2D eigenvalue weighted by Crippen LogP contribution is 2.28. The standard InChI is InChI=1S/C26H36N2O4S/c1-5-24(23-12-9-19(2)17-20(23)3)27-26(29)14-10-21-18-22(11-13-25(21)32-4)33(30,31)28-15-7-6-8-16-28/h9,11-13,17-18,24H,5-8,10,14-16H2,1-4H3,(H,27,29). The van der Waals surface area contributed by atoms with Gasteiger partial charge in [0.05, 0.1) is 18.0 Å². The van der Waals surface area contributed by atoms with E-state index in [0.29, 0.717) is 25.3 Å². The van der Waals surface area contributed by atoms with Crippen LogP contribution in [0.2, 0.25) is 0 Å². The number of carbonyl (C=O) groups excluding carboxylic acids is 1. The summed E-state index contributed by atoms with van der Waals surface area (Å²) in [6.07, 6.45) is 4.30. The van der Waals surface area contributed by atoms with Crippen molar-refractivity contribution in [3.63, 3.8) is 0 Å². The fraction of sp³-hybridized carbons (Fsp3) is 0.500. The Labute approximate surface area is 198 Å². The number of hydrogen-bond donors (Lipinski definition) is 1. The molecule has 1 saturated heterocycles. The number of methoxy groups -OCH3 is 1. The number of sulfonamides is 1. The number of aryl methyl sites for hydroxylation is 3. The molecule has 0 saturated carbocycles. The van der Waals surface area contributed by atoms with Crippen molar-refractivity contribution in [1.82, 2.24) is 9.62 Å². The molecule has 0 radical (unpaired) electrons. The number of amides is 1. The summed E-state index contributed by atoms with van der Waals surface area (Å²) < 4.78 is 33.2. The largest absolute Gasteiger partial charge is 0.496 e. The predicted octanol–water partition coefficient (Wildman–Crippen LogP) is 4.69. The Hall–Kier alpha value is -2.38. The molecule has 0 aromatic heterocycles. The van der Waals surface area contributed by atoms with Crippen molar-refractivity contribution in [1.29, 1.82) is 0 Å². The molecule has 1 amide bonds. The van der Waals surface area contributed by atoms with Crippen molar-refractivity contribution in [2.75, 3.05) is 20.2 Å². The van der Waals surface area contributed by atoms with Gasteiger partial charge in [-0.25, -0.2) is 8.42 Å². The average Bonchev–Trinajstić information content (AvgIpc) is 2.82. The van der Waals surface area contributed by atoms with E-state index in [-0.39, 0.29) is 23.3 Å². The monoisotopic (exact) mass is 472 g/mol. The molecule has 1 N–H and O–H groups in total. The maximum atomic E-state index is 13.1. The Kier molecular flexibility index (Phi) is 8.54. The summed E-state index contributed by atoms with van der Waals surface area (Å²) in [6, 6.07) is 11.2. The molecule has 1 aliphatic rings. The lowest BCUT2D eigenvalue weighted by Crippen LogP contribution is -2.35. The third-order valence-electron chi connectivity index (χ3n) is 6.37. The van der Waals surface area contributed by atoms with Crippen LogP contribution in [0.4, 0.5) is 0 Å². The third-order valence-corrected chi connectivity index (χ3v) is 8.26. The van der Waals surface area contributed by atoms with Gasteiger partial charge in [0, 0.05) is 19.5 Å². The second kappa shape index (κ2) is 11.2. The van der Waals surface area contributed by atoms with Gasteiger partial charge >= 0.3 is 0 Å². The van der Waals surface area contributed by atoms with E-state index in [1.54, 1.807) is 29.6 Å². The minimum Gasteiger partial charge on any atom is -0.496 e. The fourth-order valence-corrected chi connectivity index (χ4v) is 6.06. The van der Waals surface area contributed by atoms with E-state index in [0.717, 1.165) is 36.8 Å². The van der Waals surface area contributed by atoms with Crippen LogP contribution in [-0.2, 0) is 21.2 Å². The topological polar surface area (TPSA) is 75.7 Å². The van der Waals surface area contributed by atoms with Crippen LogP contribution in [-0.4, -0.2) is 38.8 Å². The maximum Gasteiger partial charge on any atom is 0.243 e. The van der Waals surface area contributed by atoms with E-state index in [1.807, 2.05) is 0 Å². The number of benzene rings is 2. The molecule has 0 spiro atoms. The molecule has 180 valence electrons. The number of carbonyl (C=O) groups is 1. The van der Waals surface area contributed by atoms with Crippen LogP contribution in [0.1, 0.15) is 67.3 Å². The highest BCUT2D eigenvalue weighted by Gasteiger charge is 2.27. The van der Waals surface area contributed by atoms with E-state index < -0.39 is 10.0 Å². The Morgan fingerprint density at radius 1 is 1.09 bits per heavy atom. The van der Waals surface area contributed by atoms with Gasteiger partial charge < -0.3 is 10.1 Å². The van der Waals surface area contributed by atoms with Crippen molar-refractivity contribution in [2.24, 2.45) is 0 Å². The summed E-state index contributed by atoms with van der Waals surface area (Å²) in [5, 5.41) is 3.14. The van der Waals surface area contributed by atoms with Gasteiger partial charge in [0.25, 0.3) is 0 Å². The average molecular weight is 473 g/mol. The molecule has 1 aliphatic heterocycles. The van der Waals surface area contributed by atoms with Gasteiger partial charge in [0.2, 0.25) is 15.9 Å². The number of hydrogen-bond acceptors (Lipinski definition) is 4. The van der Waals surface area contributed by atoms with Crippen molar-refractivity contribution in [3.05, 3.63) is 58.7 Å². The number of piperidine rings is 1. The lowest BCUT2D eigenvalue weighted by atomic mass is 9.97. The van der Waals surface area contributed by atoms with Gasteiger partial charge in [-0.3, -0.25) is 4.79 Å². The number of nitrogens with zero attached hydrogens (tertiary/aromatic N) is 1. The first-order chi connectivity index (χ1) is 15.8. The summed E-state index contributed by atoms with van der Waals surface area (Å²) in [4.78, 5) is 13.1. The Morgan fingerprint density at radius 3 is 2.45 bits per heavy atom. The van der Waals surface area contributed by atoms with Crippen LogP contribution in [0.3, 0.4) is 0 Å². The molecule has 1 atom stereocenters. The van der Waals surface area contributed by atoms with Gasteiger partial charge in [0.15, 0.2) is 0 Å². The van der Waals surface area contributed by atoms with E-state index in [9.17, 15) is 13.2 Å². The second-order valence-electron chi connectivity index (χ2n) is 8.83. The second-order valence-corrected chi connectivity index (χ2v) is 10.8. The first kappa shape index (κ1) is 25.2. The van der Waals surface area contributed by atoms with Gasteiger partial charge in [-0.1, -0.05) is 37.1 Å². The highest BCUT2D eigenvalue weighted by atomic mass is 32.2. The Balaban J connectivity index is 1.71. The summed E-state index contributed by atoms with van der Waals surface area (Å²) in [7, 11) is -1.98. The molecule has 6 nitrogen and oxygen atoms in total. The Morgan fingerprint density at radius 2 is 1.82 bits per heavy atom. The summed E-state index contributed by atoms with van der Waals surface area (Å²) >= 11 is 0. The minimum atomic E-state index is -3.54. The van der Waals surface area contributed by atoms with Gasteiger partial charge in [-0.05, 0) is 74.4 Å². The third kappa shape index (κ3) is 6.15. The summed E-state index contributed by atoms with van der Waals surface area (Å²) in [6.45, 7) is 7.30. The van der Waals surface area contributed by atoms with E-state index in [1.165, 1.54) is 11.1 Å². The van der Waals surface area contributed by atoms with Gasteiger partial charge in [-0.2, -0.15) is 4.31 Å². The zero-order valence-corrected chi connectivity index (χ0v) is 21.0. The molecular weight excluding hydrogens is 436 g/mol. The molecule has 2 aromatic rings. The highest BCUT2D eigenvalue weighted by molar-refractivity contribution is 7.89. The maximum absolute atomic E-state index is 13.1. The smallest absolute Gasteiger partial charge is 0.243 e. The van der Waals surface area contributed by atoms with Crippen molar-refractivity contribution in [2.45, 2.75) is 70.2 Å². The molecule has 1 heterocycles. The Bertz CT molecular complexity index is 1080. The number of rotatable bonds is 9.